The number of aliphatic hydroxyl groups excluding tert-OH is 1. The molecule has 2 aromatic rings. The number of unbranched alkanes of at least 4 members (excludes halogenated alkanes) is 6. The minimum Gasteiger partial charge on any atom is -0.511 e. The molecule has 15 heteroatoms. The first-order chi connectivity index (χ1) is 29.6. The molecule has 0 aliphatic rings. The number of Topliss-reactive ketones (excluding diaryl/α,β-unsaturated/α-hetero) is 3. The first kappa shape index (κ1) is 52.3. The predicted octanol–water partition coefficient (Wildman–Crippen LogP) is 6.33. The third kappa shape index (κ3) is 23.8. The highest BCUT2D eigenvalue weighted by Gasteiger charge is 2.28. The predicted molar refractivity (Wildman–Crippen MR) is 234 cm³/mol. The number of hydrogen-bond acceptors (Lipinski definition) is 9. The average molecular weight is 863 g/mol. The van der Waals surface area contributed by atoms with Crippen molar-refractivity contribution in [1.82, 2.24) is 21.3 Å². The largest absolute Gasteiger partial charge is 0.511 e. The summed E-state index contributed by atoms with van der Waals surface area (Å²) in [6.07, 6.45) is 7.80. The lowest BCUT2D eigenvalue weighted by atomic mass is 9.89. The Morgan fingerprint density at radius 3 is 1.73 bits per heavy atom. The number of ketones is 3. The Bertz CT molecular complexity index is 1750. The second-order valence-corrected chi connectivity index (χ2v) is 15.9. The number of carbonyl (C=O) groups excluding carboxylic acids is 6. The van der Waals surface area contributed by atoms with Crippen molar-refractivity contribution in [1.29, 1.82) is 0 Å². The highest BCUT2D eigenvalue weighted by molar-refractivity contribution is 5.93. The number of carbonyl (C=O) groups is 8. The van der Waals surface area contributed by atoms with Gasteiger partial charge >= 0.3 is 18.0 Å². The third-order valence-corrected chi connectivity index (χ3v) is 10.4. The Hall–Kier alpha value is -5.86. The van der Waals surface area contributed by atoms with Gasteiger partial charge in [-0.25, -0.2) is 9.59 Å². The zero-order valence-electron chi connectivity index (χ0n) is 36.0. The van der Waals surface area contributed by atoms with E-state index in [1.54, 1.807) is 0 Å². The van der Waals surface area contributed by atoms with Crippen molar-refractivity contribution in [2.75, 3.05) is 6.54 Å². The van der Waals surface area contributed by atoms with Crippen molar-refractivity contribution in [2.45, 2.75) is 147 Å². The first-order valence-electron chi connectivity index (χ1n) is 21.7. The number of aliphatic hydroxyl groups is 1. The molecule has 0 aliphatic heterocycles. The molecule has 15 nitrogen and oxygen atoms in total. The lowest BCUT2D eigenvalue weighted by molar-refractivity contribution is -0.140. The second-order valence-electron chi connectivity index (χ2n) is 15.9. The molecule has 0 aromatic heterocycles. The van der Waals surface area contributed by atoms with Gasteiger partial charge in [-0.15, -0.1) is 0 Å². The molecular formula is C47H66N4O11. The number of aliphatic carboxylic acids is 2. The summed E-state index contributed by atoms with van der Waals surface area (Å²) < 4.78 is 0. The zero-order valence-corrected chi connectivity index (χ0v) is 36.0. The number of benzene rings is 2. The van der Waals surface area contributed by atoms with Crippen LogP contribution in [-0.2, 0) is 46.4 Å². The number of hydrogen-bond donors (Lipinski definition) is 7. The number of nitrogens with one attached hydrogen (secondary N) is 4. The molecule has 0 saturated carbocycles. The Kier molecular flexibility index (Phi) is 25.5. The van der Waals surface area contributed by atoms with Gasteiger partial charge in [0.25, 0.3) is 0 Å². The highest BCUT2D eigenvalue weighted by atomic mass is 16.4. The van der Waals surface area contributed by atoms with Crippen LogP contribution >= 0.6 is 0 Å². The fourth-order valence-corrected chi connectivity index (χ4v) is 6.91. The van der Waals surface area contributed by atoms with E-state index in [-0.39, 0.29) is 67.0 Å². The number of urea groups is 1. The number of amides is 4. The molecule has 0 fully saturated rings. The van der Waals surface area contributed by atoms with Gasteiger partial charge in [-0.1, -0.05) is 99.3 Å². The maximum absolute atomic E-state index is 13.8. The molecule has 0 spiro atoms. The number of carboxylic acid groups (broad SMARTS) is 2. The molecule has 7 N–H and O–H groups in total. The van der Waals surface area contributed by atoms with Crippen molar-refractivity contribution < 1.29 is 53.7 Å². The molecule has 62 heavy (non-hydrogen) atoms. The molecule has 4 amide bonds. The van der Waals surface area contributed by atoms with Crippen LogP contribution in [0.15, 0.2) is 73.0 Å². The van der Waals surface area contributed by atoms with E-state index in [2.05, 4.69) is 27.8 Å². The van der Waals surface area contributed by atoms with Crippen LogP contribution in [0.1, 0.15) is 127 Å². The van der Waals surface area contributed by atoms with E-state index in [9.17, 15) is 48.6 Å². The molecule has 340 valence electrons. The second kappa shape index (κ2) is 30.2. The fraction of sp³-hybridized carbons (Fsp3) is 0.532. The topological polar surface area (TPSA) is 245 Å². The Morgan fingerprint density at radius 1 is 0.581 bits per heavy atom. The first-order valence-corrected chi connectivity index (χ1v) is 21.7. The molecule has 0 heterocycles. The smallest absolute Gasteiger partial charge is 0.326 e. The van der Waals surface area contributed by atoms with E-state index in [0.29, 0.717) is 57.9 Å². The quantitative estimate of drug-likeness (QED) is 0.0303. The lowest BCUT2D eigenvalue weighted by Crippen LogP contribution is -2.49. The van der Waals surface area contributed by atoms with E-state index in [1.807, 2.05) is 60.7 Å². The van der Waals surface area contributed by atoms with Gasteiger partial charge in [0, 0.05) is 51.0 Å². The van der Waals surface area contributed by atoms with Gasteiger partial charge in [0.05, 0.1) is 12.1 Å². The van der Waals surface area contributed by atoms with Gasteiger partial charge in [0.2, 0.25) is 11.8 Å². The van der Waals surface area contributed by atoms with Crippen LogP contribution in [0, 0.1) is 5.92 Å². The van der Waals surface area contributed by atoms with E-state index >= 15 is 0 Å². The normalized spacial score (nSPS) is 12.8. The molecule has 0 aliphatic carbocycles. The maximum atomic E-state index is 13.8. The van der Waals surface area contributed by atoms with Gasteiger partial charge in [0.1, 0.15) is 23.4 Å². The van der Waals surface area contributed by atoms with Gasteiger partial charge in [-0.05, 0) is 69.4 Å². The van der Waals surface area contributed by atoms with Crippen molar-refractivity contribution in [3.05, 3.63) is 84.1 Å². The minimum atomic E-state index is -1.41. The monoisotopic (exact) mass is 862 g/mol. The molecule has 2 rings (SSSR count). The van der Waals surface area contributed by atoms with E-state index in [0.717, 1.165) is 43.2 Å². The Labute approximate surface area is 364 Å². The molecule has 4 atom stereocenters. The summed E-state index contributed by atoms with van der Waals surface area (Å²) in [7, 11) is 0. The SMILES string of the molecule is C=C(O)C(CCCCCC(=O)CCCCCCCNC(=O)[C@H](CC(=O)[C@@H](Cc1ccccc1)NC(=O)CCCC(C)=O)Cc1ccccc1)NC(=O)NC(CCC(=O)O)C(=O)O. The summed E-state index contributed by atoms with van der Waals surface area (Å²) in [5.41, 5.74) is 1.80. The molecular weight excluding hydrogens is 797 g/mol. The lowest BCUT2D eigenvalue weighted by Gasteiger charge is -2.22. The van der Waals surface area contributed by atoms with Gasteiger partial charge < -0.3 is 41.4 Å². The molecule has 2 unspecified atom stereocenters. The van der Waals surface area contributed by atoms with E-state index in [4.69, 9.17) is 5.11 Å². The van der Waals surface area contributed by atoms with Crippen LogP contribution < -0.4 is 21.3 Å². The van der Waals surface area contributed by atoms with Gasteiger partial charge in [-0.3, -0.25) is 24.0 Å². The Balaban J connectivity index is 1.74. The number of carboxylic acids is 2. The zero-order chi connectivity index (χ0) is 45.7. The van der Waals surface area contributed by atoms with Crippen LogP contribution in [-0.4, -0.2) is 87.1 Å². The summed E-state index contributed by atoms with van der Waals surface area (Å²) in [6, 6.07) is 14.9. The summed E-state index contributed by atoms with van der Waals surface area (Å²) in [6.45, 7) is 5.38. The van der Waals surface area contributed by atoms with Crippen molar-refractivity contribution in [3.63, 3.8) is 0 Å². The highest BCUT2D eigenvalue weighted by Crippen LogP contribution is 2.18. The Morgan fingerprint density at radius 2 is 1.15 bits per heavy atom. The van der Waals surface area contributed by atoms with Crippen molar-refractivity contribution in [3.8, 4) is 0 Å². The molecule has 0 saturated heterocycles. The maximum Gasteiger partial charge on any atom is 0.326 e. The summed E-state index contributed by atoms with van der Waals surface area (Å²) in [5.74, 6) is -4.14. The van der Waals surface area contributed by atoms with Crippen molar-refractivity contribution >= 4 is 47.1 Å². The van der Waals surface area contributed by atoms with Crippen LogP contribution in [0.5, 0.6) is 0 Å². The van der Waals surface area contributed by atoms with Crippen LogP contribution in [0.2, 0.25) is 0 Å². The minimum absolute atomic E-state index is 0.00453. The van der Waals surface area contributed by atoms with Crippen LogP contribution in [0.3, 0.4) is 0 Å². The summed E-state index contributed by atoms with van der Waals surface area (Å²) >= 11 is 0. The summed E-state index contributed by atoms with van der Waals surface area (Å²) in [4.78, 5) is 98.4. The standard InChI is InChI=1S/C47H66N4O11/c1-33(52)18-17-26-43(56)49-41(31-36-21-11-7-12-22-36)42(55)32-37(30-35-19-9-6-10-20-35)45(59)48-29-16-5-3-4-13-23-38(54)24-14-8-15-25-39(34(2)53)50-47(62)51-40(46(60)61)27-28-44(57)58/h6-7,9-12,19-22,37,39-41,53H,2-5,8,13-18,23-32H2,1H3,(H,48,59)(H,49,56)(H,57,58)(H,60,61)(H2,50,51,62)/t37-,39?,40?,41+/m0/s1. The van der Waals surface area contributed by atoms with E-state index in [1.165, 1.54) is 6.92 Å². The summed E-state index contributed by atoms with van der Waals surface area (Å²) in [5, 5.41) is 38.5. The molecule has 0 radical (unpaired) electrons. The van der Waals surface area contributed by atoms with Crippen LogP contribution in [0.4, 0.5) is 4.79 Å². The van der Waals surface area contributed by atoms with E-state index < -0.39 is 48.4 Å². The van der Waals surface area contributed by atoms with Gasteiger partial charge in [-0.2, -0.15) is 0 Å². The third-order valence-electron chi connectivity index (χ3n) is 10.4. The molecule has 0 bridgehead atoms. The van der Waals surface area contributed by atoms with Gasteiger partial charge in [0.15, 0.2) is 5.78 Å². The molecule has 2 aromatic carbocycles. The average Bonchev–Trinajstić information content (AvgIpc) is 3.22. The van der Waals surface area contributed by atoms with Crippen LogP contribution in [0.25, 0.3) is 0 Å². The number of rotatable bonds is 34. The fourth-order valence-electron chi connectivity index (χ4n) is 6.91. The van der Waals surface area contributed by atoms with Crippen molar-refractivity contribution in [2.24, 2.45) is 5.92 Å².